The van der Waals surface area contributed by atoms with Crippen molar-refractivity contribution in [3.8, 4) is 0 Å². The predicted octanol–water partition coefficient (Wildman–Crippen LogP) is -1.74. The van der Waals surface area contributed by atoms with Gasteiger partial charge in [-0.2, -0.15) is 11.8 Å². The van der Waals surface area contributed by atoms with Crippen LogP contribution >= 0.6 is 11.8 Å². The molecule has 15 nitrogen and oxygen atoms in total. The lowest BCUT2D eigenvalue weighted by molar-refractivity contribution is -0.142. The zero-order chi connectivity index (χ0) is 31.2. The number of thioether (sulfide) groups is 1. The lowest BCUT2D eigenvalue weighted by atomic mass is 10.0. The van der Waals surface area contributed by atoms with Gasteiger partial charge in [0.25, 0.3) is 0 Å². The molecular formula is C26H39N9O6S. The summed E-state index contributed by atoms with van der Waals surface area (Å²) in [5.74, 6) is -4.00. The maximum absolute atomic E-state index is 13.4. The van der Waals surface area contributed by atoms with Crippen molar-refractivity contribution in [3.63, 3.8) is 0 Å². The second-order valence-corrected chi connectivity index (χ2v) is 10.6. The lowest BCUT2D eigenvalue weighted by Crippen LogP contribution is -2.58. The summed E-state index contributed by atoms with van der Waals surface area (Å²) in [6.45, 7) is 0.158. The Kier molecular flexibility index (Phi) is 13.6. The van der Waals surface area contributed by atoms with Crippen molar-refractivity contribution in [3.05, 3.63) is 36.0 Å². The van der Waals surface area contributed by atoms with Crippen molar-refractivity contribution < 1.29 is 29.1 Å². The summed E-state index contributed by atoms with van der Waals surface area (Å²) in [5, 5.41) is 17.9. The number of carbonyl (C=O) groups is 5. The number of carboxylic acid groups (broad SMARTS) is 1. The van der Waals surface area contributed by atoms with Crippen LogP contribution in [0, 0.1) is 0 Å². The van der Waals surface area contributed by atoms with Gasteiger partial charge in [0, 0.05) is 30.1 Å². The second-order valence-electron chi connectivity index (χ2n) is 9.59. The second kappa shape index (κ2) is 16.8. The zero-order valence-electron chi connectivity index (χ0n) is 23.3. The van der Waals surface area contributed by atoms with Crippen molar-refractivity contribution in [2.75, 3.05) is 18.6 Å². The van der Waals surface area contributed by atoms with Crippen LogP contribution in [0.25, 0.3) is 10.9 Å². The summed E-state index contributed by atoms with van der Waals surface area (Å²) in [6.07, 6.45) is 3.56. The predicted molar refractivity (Wildman–Crippen MR) is 160 cm³/mol. The summed E-state index contributed by atoms with van der Waals surface area (Å²) >= 11 is 1.49. The van der Waals surface area contributed by atoms with Crippen LogP contribution in [0.15, 0.2) is 35.5 Å². The standard InChI is InChI=1S/C26H39N9O6S/c1-42-10-8-16(27)22(37)34-20(12-21(28)36)24(39)35-19(11-14-13-32-17-6-3-2-5-15(14)17)23(38)33-18(25(40)41)7-4-9-31-26(29)30/h2-3,5-6,13,16,18-20,32H,4,7-12,27H2,1H3,(H2,28,36)(H,33,38)(H,34,37)(H,35,39)(H,40,41)(H4,29,30,31). The van der Waals surface area contributed by atoms with Gasteiger partial charge in [-0.1, -0.05) is 18.2 Å². The number of nitrogens with two attached hydrogens (primary N) is 4. The van der Waals surface area contributed by atoms with Crippen LogP contribution in [-0.4, -0.2) is 88.4 Å². The third-order valence-corrected chi connectivity index (χ3v) is 6.94. The van der Waals surface area contributed by atoms with Crippen LogP contribution in [0.5, 0.6) is 0 Å². The van der Waals surface area contributed by atoms with E-state index >= 15 is 0 Å². The summed E-state index contributed by atoms with van der Waals surface area (Å²) in [6, 6.07) is 2.37. The Hall–Kier alpha value is -4.31. The van der Waals surface area contributed by atoms with Crippen molar-refractivity contribution in [2.45, 2.75) is 56.3 Å². The molecule has 4 atom stereocenters. The molecule has 0 aliphatic heterocycles. The monoisotopic (exact) mass is 605 g/mol. The number of primary amides is 1. The first kappa shape index (κ1) is 33.9. The molecular weight excluding hydrogens is 566 g/mol. The van der Waals surface area contributed by atoms with Gasteiger partial charge in [-0.3, -0.25) is 24.2 Å². The van der Waals surface area contributed by atoms with Crippen LogP contribution < -0.4 is 38.9 Å². The normalized spacial score (nSPS) is 13.8. The van der Waals surface area contributed by atoms with Crippen molar-refractivity contribution in [1.29, 1.82) is 0 Å². The number of nitrogens with one attached hydrogen (secondary N) is 4. The Labute approximate surface area is 247 Å². The molecule has 0 saturated heterocycles. The number of fused-ring (bicyclic) bond motifs is 1. The maximum Gasteiger partial charge on any atom is 0.326 e. The minimum absolute atomic E-state index is 0.0138. The minimum Gasteiger partial charge on any atom is -0.480 e. The number of amides is 4. The average molecular weight is 606 g/mol. The molecule has 0 aliphatic rings. The molecule has 1 aromatic heterocycles. The molecule has 4 amide bonds. The van der Waals surface area contributed by atoms with Crippen molar-refractivity contribution in [2.24, 2.45) is 27.9 Å². The number of aromatic amines is 1. The Balaban J connectivity index is 2.29. The Morgan fingerprint density at radius 2 is 1.60 bits per heavy atom. The Bertz CT molecular complexity index is 1280. The van der Waals surface area contributed by atoms with Gasteiger partial charge < -0.3 is 49.0 Å². The highest BCUT2D eigenvalue weighted by Crippen LogP contribution is 2.19. The van der Waals surface area contributed by atoms with Crippen molar-refractivity contribution >= 4 is 58.2 Å². The fraction of sp³-hybridized carbons (Fsp3) is 0.462. The number of aromatic nitrogens is 1. The van der Waals surface area contributed by atoms with Crippen LogP contribution in [0.1, 0.15) is 31.2 Å². The highest BCUT2D eigenvalue weighted by molar-refractivity contribution is 7.98. The largest absolute Gasteiger partial charge is 0.480 e. The first-order chi connectivity index (χ1) is 19.9. The number of para-hydroxylation sites is 1. The molecule has 2 aromatic rings. The number of carbonyl (C=O) groups excluding carboxylic acids is 4. The van der Waals surface area contributed by atoms with E-state index < -0.39 is 60.2 Å². The first-order valence-corrected chi connectivity index (χ1v) is 14.6. The van der Waals surface area contributed by atoms with Gasteiger partial charge in [-0.05, 0) is 42.9 Å². The first-order valence-electron chi connectivity index (χ1n) is 13.2. The fourth-order valence-electron chi connectivity index (χ4n) is 4.10. The van der Waals surface area contributed by atoms with Gasteiger partial charge in [0.1, 0.15) is 18.1 Å². The molecule has 1 aromatic carbocycles. The number of nitrogens with zero attached hydrogens (tertiary/aromatic N) is 1. The quantitative estimate of drug-likeness (QED) is 0.0525. The average Bonchev–Trinajstić information content (AvgIpc) is 3.34. The molecule has 0 spiro atoms. The molecule has 16 heteroatoms. The molecule has 0 fully saturated rings. The number of hydrogen-bond donors (Lipinski definition) is 9. The van der Waals surface area contributed by atoms with E-state index in [0.717, 1.165) is 10.9 Å². The number of aliphatic carboxylic acids is 1. The van der Waals surface area contributed by atoms with Gasteiger partial charge in [-0.15, -0.1) is 0 Å². The van der Waals surface area contributed by atoms with Crippen LogP contribution in [0.4, 0.5) is 0 Å². The third-order valence-electron chi connectivity index (χ3n) is 6.30. The van der Waals surface area contributed by atoms with Crippen LogP contribution in [0.2, 0.25) is 0 Å². The van der Waals surface area contributed by atoms with Gasteiger partial charge in [0.05, 0.1) is 12.5 Å². The SMILES string of the molecule is CSCCC(N)C(=O)NC(CC(N)=O)C(=O)NC(Cc1c[nH]c2ccccc12)C(=O)NC(CCCN=C(N)N)C(=O)O. The fourth-order valence-corrected chi connectivity index (χ4v) is 4.59. The van der Waals surface area contributed by atoms with E-state index in [0.29, 0.717) is 17.7 Å². The van der Waals surface area contributed by atoms with E-state index in [1.165, 1.54) is 11.8 Å². The number of rotatable bonds is 18. The van der Waals surface area contributed by atoms with E-state index in [9.17, 15) is 29.1 Å². The van der Waals surface area contributed by atoms with E-state index in [4.69, 9.17) is 22.9 Å². The third kappa shape index (κ3) is 10.9. The molecule has 0 radical (unpaired) electrons. The molecule has 0 saturated carbocycles. The maximum atomic E-state index is 13.4. The highest BCUT2D eigenvalue weighted by Gasteiger charge is 2.31. The summed E-state index contributed by atoms with van der Waals surface area (Å²) < 4.78 is 0. The van der Waals surface area contributed by atoms with Crippen LogP contribution in [-0.2, 0) is 30.4 Å². The van der Waals surface area contributed by atoms with Crippen LogP contribution in [0.3, 0.4) is 0 Å². The molecule has 1 heterocycles. The molecule has 2 rings (SSSR count). The van der Waals surface area contributed by atoms with Gasteiger partial charge in [-0.25, -0.2) is 4.79 Å². The minimum atomic E-state index is -1.41. The number of carboxylic acids is 1. The van der Waals surface area contributed by atoms with E-state index in [1.807, 2.05) is 30.5 Å². The summed E-state index contributed by atoms with van der Waals surface area (Å²) in [4.78, 5) is 69.9. The lowest BCUT2D eigenvalue weighted by Gasteiger charge is -2.25. The highest BCUT2D eigenvalue weighted by atomic mass is 32.2. The number of H-pyrrole nitrogens is 1. The molecule has 42 heavy (non-hydrogen) atoms. The number of guanidine groups is 1. The topological polar surface area (TPSA) is 274 Å². The molecule has 230 valence electrons. The van der Waals surface area contributed by atoms with E-state index in [-0.39, 0.29) is 31.8 Å². The molecule has 13 N–H and O–H groups in total. The van der Waals surface area contributed by atoms with Crippen molar-refractivity contribution in [1.82, 2.24) is 20.9 Å². The summed E-state index contributed by atoms with van der Waals surface area (Å²) in [7, 11) is 0. The van der Waals surface area contributed by atoms with Gasteiger partial charge >= 0.3 is 5.97 Å². The van der Waals surface area contributed by atoms with E-state index in [1.54, 1.807) is 6.20 Å². The van der Waals surface area contributed by atoms with Gasteiger partial charge in [0.2, 0.25) is 23.6 Å². The number of benzene rings is 1. The van der Waals surface area contributed by atoms with Gasteiger partial charge in [0.15, 0.2) is 5.96 Å². The smallest absolute Gasteiger partial charge is 0.326 e. The molecule has 0 bridgehead atoms. The zero-order valence-corrected chi connectivity index (χ0v) is 24.1. The number of aliphatic imine (C=N–C) groups is 1. The molecule has 4 unspecified atom stereocenters. The Morgan fingerprint density at radius 1 is 0.952 bits per heavy atom. The summed E-state index contributed by atoms with van der Waals surface area (Å²) in [5.41, 5.74) is 23.3. The number of hydrogen-bond acceptors (Lipinski definition) is 8. The van der Waals surface area contributed by atoms with E-state index in [2.05, 4.69) is 25.9 Å². The Morgan fingerprint density at radius 3 is 2.24 bits per heavy atom. The molecule has 0 aliphatic carbocycles.